The van der Waals surface area contributed by atoms with Crippen molar-refractivity contribution in [3.05, 3.63) is 16.6 Å². The van der Waals surface area contributed by atoms with Crippen molar-refractivity contribution in [2.75, 3.05) is 14.2 Å². The first-order valence-electron chi connectivity index (χ1n) is 3.32. The first kappa shape index (κ1) is 9.08. The number of hydrogen-bond acceptors (Lipinski definition) is 5. The van der Waals surface area contributed by atoms with Crippen molar-refractivity contribution in [2.24, 2.45) is 5.11 Å². The van der Waals surface area contributed by atoms with Gasteiger partial charge in [0.25, 0.3) is 0 Å². The molecule has 0 radical (unpaired) electrons. The van der Waals surface area contributed by atoms with Crippen LogP contribution < -0.4 is 9.47 Å². The van der Waals surface area contributed by atoms with Crippen molar-refractivity contribution in [2.45, 2.75) is 0 Å². The third-order valence-corrected chi connectivity index (χ3v) is 1.24. The lowest BCUT2D eigenvalue weighted by molar-refractivity contribution is 0.353. The van der Waals surface area contributed by atoms with Crippen molar-refractivity contribution in [3.63, 3.8) is 0 Å². The van der Waals surface area contributed by atoms with Crippen LogP contribution in [-0.2, 0) is 0 Å². The summed E-state index contributed by atoms with van der Waals surface area (Å²) in [6, 6.07) is 0.161. The summed E-state index contributed by atoms with van der Waals surface area (Å²) < 4.78 is 9.60. The van der Waals surface area contributed by atoms with E-state index in [4.69, 9.17) is 15.0 Å². The highest BCUT2D eigenvalue weighted by atomic mass is 16.5. The first-order chi connectivity index (χ1) is 6.31. The van der Waals surface area contributed by atoms with Crippen molar-refractivity contribution in [3.8, 4) is 11.9 Å². The summed E-state index contributed by atoms with van der Waals surface area (Å²) >= 11 is 0. The highest BCUT2D eigenvalue weighted by Crippen LogP contribution is 2.25. The highest BCUT2D eigenvalue weighted by molar-refractivity contribution is 5.45. The van der Waals surface area contributed by atoms with Crippen LogP contribution in [0.5, 0.6) is 11.9 Å². The fraction of sp³-hybridized carbons (Fsp3) is 0.333. The molecule has 1 heterocycles. The van der Waals surface area contributed by atoms with Crippen LogP contribution in [-0.4, -0.2) is 24.2 Å². The Bertz CT molecular complexity index is 347. The Labute approximate surface area is 74.0 Å². The molecule has 0 N–H and O–H groups in total. The average molecular weight is 181 g/mol. The Hall–Kier alpha value is -2.01. The predicted molar refractivity (Wildman–Crippen MR) is 43.9 cm³/mol. The number of nitrogens with zero attached hydrogens (tertiary/aromatic N) is 5. The van der Waals surface area contributed by atoms with Crippen LogP contribution in [0.2, 0.25) is 0 Å². The van der Waals surface area contributed by atoms with Crippen LogP contribution in [0.4, 0.5) is 5.69 Å². The second kappa shape index (κ2) is 4.13. The number of aromatic nitrogens is 2. The summed E-state index contributed by atoms with van der Waals surface area (Å²) in [6.45, 7) is 0. The Balaban J connectivity index is 3.15. The molecule has 1 aromatic rings. The smallest absolute Gasteiger partial charge is 0.319 e. The molecular weight excluding hydrogens is 174 g/mol. The summed E-state index contributed by atoms with van der Waals surface area (Å²) in [4.78, 5) is 10.1. The molecule has 0 aliphatic rings. The molecule has 0 aromatic carbocycles. The van der Waals surface area contributed by atoms with Gasteiger partial charge in [-0.05, 0) is 5.53 Å². The number of rotatable bonds is 3. The normalized spacial score (nSPS) is 8.77. The van der Waals surface area contributed by atoms with E-state index in [1.54, 1.807) is 0 Å². The zero-order chi connectivity index (χ0) is 9.68. The standard InChI is InChI=1S/C6H7N5O2/c1-12-5-4(10-11-7)3-8-6(9-5)13-2/h3H,1-2H3. The van der Waals surface area contributed by atoms with Gasteiger partial charge in [-0.3, -0.25) is 0 Å². The Morgan fingerprint density at radius 1 is 1.46 bits per heavy atom. The largest absolute Gasteiger partial charge is 0.481 e. The van der Waals surface area contributed by atoms with Gasteiger partial charge in [-0.2, -0.15) is 4.98 Å². The molecule has 0 fully saturated rings. The Morgan fingerprint density at radius 3 is 2.77 bits per heavy atom. The predicted octanol–water partition coefficient (Wildman–Crippen LogP) is 1.44. The molecule has 0 unspecified atom stereocenters. The molecule has 0 saturated heterocycles. The maximum atomic E-state index is 8.18. The van der Waals surface area contributed by atoms with Gasteiger partial charge in [-0.1, -0.05) is 5.11 Å². The maximum absolute atomic E-state index is 8.18. The van der Waals surface area contributed by atoms with Crippen LogP contribution in [0, 0.1) is 0 Å². The molecule has 13 heavy (non-hydrogen) atoms. The van der Waals surface area contributed by atoms with E-state index < -0.39 is 0 Å². The monoisotopic (exact) mass is 181 g/mol. The minimum Gasteiger partial charge on any atom is -0.481 e. The molecule has 68 valence electrons. The molecule has 0 amide bonds. The third kappa shape index (κ3) is 1.97. The Morgan fingerprint density at radius 2 is 2.23 bits per heavy atom. The van der Waals surface area contributed by atoms with Crippen LogP contribution in [0.3, 0.4) is 0 Å². The molecule has 1 rings (SSSR count). The molecule has 0 spiro atoms. The summed E-state index contributed by atoms with van der Waals surface area (Å²) in [5, 5.41) is 3.33. The summed E-state index contributed by atoms with van der Waals surface area (Å²) in [6.07, 6.45) is 1.32. The molecule has 0 atom stereocenters. The summed E-state index contributed by atoms with van der Waals surface area (Å²) in [5.41, 5.74) is 8.41. The lowest BCUT2D eigenvalue weighted by Crippen LogP contribution is -1.94. The topological polar surface area (TPSA) is 93.0 Å². The second-order valence-electron chi connectivity index (χ2n) is 1.94. The number of hydrogen-bond donors (Lipinski definition) is 0. The van der Waals surface area contributed by atoms with E-state index in [2.05, 4.69) is 20.0 Å². The van der Waals surface area contributed by atoms with E-state index in [1.807, 2.05) is 0 Å². The van der Waals surface area contributed by atoms with Crippen molar-refractivity contribution >= 4 is 5.69 Å². The van der Waals surface area contributed by atoms with Crippen molar-refractivity contribution in [1.29, 1.82) is 0 Å². The molecule has 7 heteroatoms. The zero-order valence-electron chi connectivity index (χ0n) is 7.13. The maximum Gasteiger partial charge on any atom is 0.319 e. The minimum atomic E-state index is 0.161. The molecule has 0 aliphatic heterocycles. The number of methoxy groups -OCH3 is 2. The van der Waals surface area contributed by atoms with Crippen molar-refractivity contribution in [1.82, 2.24) is 9.97 Å². The number of ether oxygens (including phenoxy) is 2. The zero-order valence-corrected chi connectivity index (χ0v) is 7.13. The van der Waals surface area contributed by atoms with Gasteiger partial charge in [0.1, 0.15) is 5.69 Å². The van der Waals surface area contributed by atoms with Gasteiger partial charge in [-0.15, -0.1) is 0 Å². The molecule has 0 aliphatic carbocycles. The van der Waals surface area contributed by atoms with E-state index in [9.17, 15) is 0 Å². The van der Waals surface area contributed by atoms with Crippen LogP contribution in [0.1, 0.15) is 0 Å². The van der Waals surface area contributed by atoms with Crippen LogP contribution in [0.25, 0.3) is 10.4 Å². The SMILES string of the molecule is COc1ncc(N=[N+]=[N-])c(OC)n1. The van der Waals surface area contributed by atoms with E-state index in [0.717, 1.165) is 0 Å². The quantitative estimate of drug-likeness (QED) is 0.400. The third-order valence-electron chi connectivity index (χ3n) is 1.24. The highest BCUT2D eigenvalue weighted by Gasteiger charge is 2.05. The fourth-order valence-corrected chi connectivity index (χ4v) is 0.710. The minimum absolute atomic E-state index is 0.161. The molecular formula is C6H7N5O2. The van der Waals surface area contributed by atoms with Crippen molar-refractivity contribution < 1.29 is 9.47 Å². The molecule has 1 aromatic heterocycles. The first-order valence-corrected chi connectivity index (χ1v) is 3.32. The van der Waals surface area contributed by atoms with E-state index in [-0.39, 0.29) is 17.6 Å². The van der Waals surface area contributed by atoms with Crippen LogP contribution in [0.15, 0.2) is 11.3 Å². The lowest BCUT2D eigenvalue weighted by atomic mass is 10.5. The van der Waals surface area contributed by atoms with Gasteiger partial charge in [0.05, 0.1) is 14.2 Å². The van der Waals surface area contributed by atoms with Gasteiger partial charge in [0.2, 0.25) is 5.88 Å². The van der Waals surface area contributed by atoms with E-state index in [0.29, 0.717) is 0 Å². The van der Waals surface area contributed by atoms with E-state index in [1.165, 1.54) is 20.4 Å². The van der Waals surface area contributed by atoms with Gasteiger partial charge in [-0.25, -0.2) is 4.98 Å². The van der Waals surface area contributed by atoms with Crippen LogP contribution >= 0.6 is 0 Å². The van der Waals surface area contributed by atoms with Gasteiger partial charge < -0.3 is 9.47 Å². The fourth-order valence-electron chi connectivity index (χ4n) is 0.710. The van der Waals surface area contributed by atoms with Gasteiger partial charge in [0.15, 0.2) is 0 Å². The van der Waals surface area contributed by atoms with Gasteiger partial charge in [0, 0.05) is 11.1 Å². The second-order valence-corrected chi connectivity index (χ2v) is 1.94. The molecule has 0 saturated carbocycles. The Kier molecular flexibility index (Phi) is 2.88. The van der Waals surface area contributed by atoms with E-state index >= 15 is 0 Å². The molecule has 0 bridgehead atoms. The summed E-state index contributed by atoms with van der Waals surface area (Å²) in [7, 11) is 2.85. The average Bonchev–Trinajstić information content (AvgIpc) is 2.19. The number of azide groups is 1. The van der Waals surface area contributed by atoms with Gasteiger partial charge >= 0.3 is 6.01 Å². The summed E-state index contributed by atoms with van der Waals surface area (Å²) in [5.74, 6) is 0.185. The molecule has 7 nitrogen and oxygen atoms in total. The lowest BCUT2D eigenvalue weighted by Gasteiger charge is -2.02.